The number of nitrogens with one attached hydrogen (secondary N) is 1. The second kappa shape index (κ2) is 6.18. The van der Waals surface area contributed by atoms with Crippen molar-refractivity contribution < 1.29 is 4.79 Å². The zero-order valence-electron chi connectivity index (χ0n) is 13.1. The van der Waals surface area contributed by atoms with Crippen LogP contribution in [-0.4, -0.2) is 27.5 Å². The highest BCUT2D eigenvalue weighted by Gasteiger charge is 2.29. The van der Waals surface area contributed by atoms with Gasteiger partial charge in [-0.05, 0) is 48.6 Å². The number of thiophene rings is 1. The molecule has 1 aromatic carbocycles. The third-order valence-corrected chi connectivity index (χ3v) is 6.01. The number of halogens is 1. The molecule has 2 aromatic heterocycles. The van der Waals surface area contributed by atoms with Crippen LogP contribution in [0.4, 0.5) is 0 Å². The van der Waals surface area contributed by atoms with Crippen molar-refractivity contribution in [2.45, 2.75) is 19.4 Å². The molecular weight excluding hydrogens is 386 g/mol. The molecule has 1 aliphatic heterocycles. The maximum absolute atomic E-state index is 12.9. The first-order valence-electron chi connectivity index (χ1n) is 7.82. The molecule has 6 heteroatoms. The van der Waals surface area contributed by atoms with Gasteiger partial charge in [-0.25, -0.2) is 0 Å². The van der Waals surface area contributed by atoms with Crippen molar-refractivity contribution in [3.8, 4) is 11.3 Å². The molecule has 4 nitrogen and oxygen atoms in total. The van der Waals surface area contributed by atoms with Gasteiger partial charge in [0, 0.05) is 21.5 Å². The Balaban J connectivity index is 1.59. The lowest BCUT2D eigenvalue weighted by Crippen LogP contribution is -2.38. The summed E-state index contributed by atoms with van der Waals surface area (Å²) < 4.78 is 1.02. The number of amides is 1. The van der Waals surface area contributed by atoms with Crippen molar-refractivity contribution in [2.75, 3.05) is 6.54 Å². The first-order chi connectivity index (χ1) is 11.6. The minimum atomic E-state index is 0.00946. The molecule has 0 saturated heterocycles. The molecule has 1 amide bonds. The number of benzene rings is 1. The fourth-order valence-electron chi connectivity index (χ4n) is 3.14. The van der Waals surface area contributed by atoms with Crippen LogP contribution in [0.25, 0.3) is 11.3 Å². The van der Waals surface area contributed by atoms with E-state index in [1.54, 1.807) is 11.3 Å². The second-order valence-electron chi connectivity index (χ2n) is 5.90. The van der Waals surface area contributed by atoms with Crippen molar-refractivity contribution in [3.63, 3.8) is 0 Å². The van der Waals surface area contributed by atoms with E-state index < -0.39 is 0 Å². The standard InChI is InChI=1S/C18H16BrN3OS/c1-11-14-7-9-24-17(14)6-8-22(11)18(23)16-10-15(20-21-16)12-2-4-13(19)5-3-12/h2-5,7,9-11H,6,8H2,1H3,(H,20,21)/t11-/m0/s1. The average molecular weight is 402 g/mol. The average Bonchev–Trinajstić information content (AvgIpc) is 3.25. The van der Waals surface area contributed by atoms with Gasteiger partial charge in [-0.1, -0.05) is 28.1 Å². The van der Waals surface area contributed by atoms with Gasteiger partial charge in [-0.3, -0.25) is 9.89 Å². The van der Waals surface area contributed by atoms with Crippen LogP contribution in [-0.2, 0) is 6.42 Å². The monoisotopic (exact) mass is 401 g/mol. The summed E-state index contributed by atoms with van der Waals surface area (Å²) in [5.74, 6) is 0.00946. The van der Waals surface area contributed by atoms with E-state index in [1.807, 2.05) is 35.2 Å². The molecule has 0 aliphatic carbocycles. The molecule has 0 bridgehead atoms. The predicted molar refractivity (Wildman–Crippen MR) is 99.2 cm³/mol. The van der Waals surface area contributed by atoms with Gasteiger partial charge in [0.2, 0.25) is 0 Å². The Bertz CT molecular complexity index is 884. The van der Waals surface area contributed by atoms with Crippen molar-refractivity contribution in [3.05, 3.63) is 62.4 Å². The summed E-state index contributed by atoms with van der Waals surface area (Å²) in [6.45, 7) is 2.84. The lowest BCUT2D eigenvalue weighted by molar-refractivity contribution is 0.0673. The van der Waals surface area contributed by atoms with Gasteiger partial charge < -0.3 is 4.90 Å². The van der Waals surface area contributed by atoms with E-state index in [4.69, 9.17) is 0 Å². The molecule has 0 unspecified atom stereocenters. The Morgan fingerprint density at radius 2 is 2.12 bits per heavy atom. The Morgan fingerprint density at radius 1 is 1.33 bits per heavy atom. The highest BCUT2D eigenvalue weighted by molar-refractivity contribution is 9.10. The molecule has 3 aromatic rings. The number of hydrogen-bond donors (Lipinski definition) is 1. The smallest absolute Gasteiger partial charge is 0.272 e. The van der Waals surface area contributed by atoms with E-state index in [0.29, 0.717) is 5.69 Å². The number of aromatic amines is 1. The van der Waals surface area contributed by atoms with Gasteiger partial charge in [0.05, 0.1) is 11.7 Å². The summed E-state index contributed by atoms with van der Waals surface area (Å²) in [5.41, 5.74) is 3.58. The van der Waals surface area contributed by atoms with Crippen LogP contribution in [0, 0.1) is 0 Å². The fraction of sp³-hybridized carbons (Fsp3) is 0.222. The number of rotatable bonds is 2. The van der Waals surface area contributed by atoms with Gasteiger partial charge in [0.25, 0.3) is 5.91 Å². The minimum absolute atomic E-state index is 0.00946. The van der Waals surface area contributed by atoms with E-state index in [9.17, 15) is 4.79 Å². The maximum atomic E-state index is 12.9. The first-order valence-corrected chi connectivity index (χ1v) is 9.49. The quantitative estimate of drug-likeness (QED) is 0.678. The summed E-state index contributed by atoms with van der Waals surface area (Å²) in [6, 6.07) is 12.0. The Labute approximate surface area is 152 Å². The third kappa shape index (κ3) is 2.70. The summed E-state index contributed by atoms with van der Waals surface area (Å²) in [6.07, 6.45) is 0.927. The molecule has 0 spiro atoms. The minimum Gasteiger partial charge on any atom is -0.330 e. The van der Waals surface area contributed by atoms with Crippen LogP contribution in [0.1, 0.15) is 33.9 Å². The predicted octanol–water partition coefficient (Wildman–Crippen LogP) is 4.66. The fourth-order valence-corrected chi connectivity index (χ4v) is 4.37. The lowest BCUT2D eigenvalue weighted by atomic mass is 10.0. The van der Waals surface area contributed by atoms with E-state index in [2.05, 4.69) is 44.5 Å². The SMILES string of the molecule is C[C@H]1c2ccsc2CCN1C(=O)c1cc(-c2ccc(Br)cc2)n[nH]1. The molecule has 1 N–H and O–H groups in total. The number of hydrogen-bond acceptors (Lipinski definition) is 3. The van der Waals surface area contributed by atoms with Gasteiger partial charge in [-0.15, -0.1) is 11.3 Å². The normalized spacial score (nSPS) is 16.9. The highest BCUT2D eigenvalue weighted by Crippen LogP contribution is 2.33. The van der Waals surface area contributed by atoms with Gasteiger partial charge in [0.15, 0.2) is 0 Å². The molecule has 4 rings (SSSR count). The van der Waals surface area contributed by atoms with Crippen molar-refractivity contribution in [2.24, 2.45) is 0 Å². The number of aromatic nitrogens is 2. The number of carbonyl (C=O) groups is 1. The zero-order chi connectivity index (χ0) is 16.7. The van der Waals surface area contributed by atoms with Crippen LogP contribution in [0.2, 0.25) is 0 Å². The van der Waals surface area contributed by atoms with Crippen LogP contribution >= 0.6 is 27.3 Å². The summed E-state index contributed by atoms with van der Waals surface area (Å²) in [5, 5.41) is 9.32. The molecule has 0 saturated carbocycles. The van der Waals surface area contributed by atoms with E-state index in [1.165, 1.54) is 10.4 Å². The molecule has 1 atom stereocenters. The van der Waals surface area contributed by atoms with Gasteiger partial charge >= 0.3 is 0 Å². The maximum Gasteiger partial charge on any atom is 0.272 e. The molecule has 24 heavy (non-hydrogen) atoms. The van der Waals surface area contributed by atoms with Crippen LogP contribution < -0.4 is 0 Å². The van der Waals surface area contributed by atoms with Crippen LogP contribution in [0.15, 0.2) is 46.3 Å². The Kier molecular flexibility index (Phi) is 4.02. The van der Waals surface area contributed by atoms with Crippen LogP contribution in [0.3, 0.4) is 0 Å². The first kappa shape index (κ1) is 15.6. The number of fused-ring (bicyclic) bond motifs is 1. The highest BCUT2D eigenvalue weighted by atomic mass is 79.9. The topological polar surface area (TPSA) is 49.0 Å². The van der Waals surface area contributed by atoms with E-state index in [0.717, 1.165) is 28.7 Å². The summed E-state index contributed by atoms with van der Waals surface area (Å²) >= 11 is 5.21. The lowest BCUT2D eigenvalue weighted by Gasteiger charge is -2.33. The molecule has 1 aliphatic rings. The largest absolute Gasteiger partial charge is 0.330 e. The zero-order valence-corrected chi connectivity index (χ0v) is 15.5. The second-order valence-corrected chi connectivity index (χ2v) is 7.81. The number of H-pyrrole nitrogens is 1. The summed E-state index contributed by atoms with van der Waals surface area (Å²) in [4.78, 5) is 16.2. The molecule has 3 heterocycles. The van der Waals surface area contributed by atoms with Crippen LogP contribution in [0.5, 0.6) is 0 Å². The molecule has 0 fully saturated rings. The van der Waals surface area contributed by atoms with E-state index >= 15 is 0 Å². The molecular formula is C18H16BrN3OS. The van der Waals surface area contributed by atoms with Crippen molar-refractivity contribution in [1.29, 1.82) is 0 Å². The van der Waals surface area contributed by atoms with Crippen molar-refractivity contribution >= 4 is 33.2 Å². The van der Waals surface area contributed by atoms with Gasteiger partial charge in [0.1, 0.15) is 5.69 Å². The molecule has 0 radical (unpaired) electrons. The number of carbonyl (C=O) groups excluding carboxylic acids is 1. The Hall–Kier alpha value is -1.92. The summed E-state index contributed by atoms with van der Waals surface area (Å²) in [7, 11) is 0. The molecule has 122 valence electrons. The number of nitrogens with zero attached hydrogens (tertiary/aromatic N) is 2. The van der Waals surface area contributed by atoms with Gasteiger partial charge in [-0.2, -0.15) is 5.10 Å². The van der Waals surface area contributed by atoms with Crippen molar-refractivity contribution in [1.82, 2.24) is 15.1 Å². The Morgan fingerprint density at radius 3 is 2.92 bits per heavy atom. The van der Waals surface area contributed by atoms with E-state index in [-0.39, 0.29) is 11.9 Å². The third-order valence-electron chi connectivity index (χ3n) is 4.49.